The van der Waals surface area contributed by atoms with Gasteiger partial charge in [0.15, 0.2) is 6.10 Å². The number of aromatic amines is 1. The Kier molecular flexibility index (Phi) is 11.8. The molecule has 65 heavy (non-hydrogen) atoms. The summed E-state index contributed by atoms with van der Waals surface area (Å²) in [5.41, 5.74) is -3.15. The molecule has 5 N–H and O–H groups in total. The van der Waals surface area contributed by atoms with E-state index < -0.39 is 73.9 Å². The van der Waals surface area contributed by atoms with Crippen molar-refractivity contribution in [2.45, 2.75) is 99.5 Å². The summed E-state index contributed by atoms with van der Waals surface area (Å²) in [5.74, 6) is -2.06. The number of aliphatic hydroxyl groups is 2. The summed E-state index contributed by atoms with van der Waals surface area (Å²) in [6.07, 6.45) is 5.83. The number of piperidine rings is 1. The van der Waals surface area contributed by atoms with Crippen LogP contribution in [0.2, 0.25) is 0 Å². The lowest BCUT2D eigenvalue weighted by Gasteiger charge is -2.63. The van der Waals surface area contributed by atoms with Crippen LogP contribution in [0.4, 0.5) is 5.69 Å². The van der Waals surface area contributed by atoms with Crippen LogP contribution in [0.5, 0.6) is 5.75 Å². The Bertz CT molecular complexity index is 2560. The van der Waals surface area contributed by atoms with Gasteiger partial charge in [-0.3, -0.25) is 33.3 Å². The number of fused-ring (bicyclic) bond motifs is 6. The van der Waals surface area contributed by atoms with Crippen molar-refractivity contribution in [2.24, 2.45) is 11.3 Å². The van der Waals surface area contributed by atoms with E-state index in [4.69, 9.17) is 36.5 Å². The second-order valence-corrected chi connectivity index (χ2v) is 19.4. The predicted molar refractivity (Wildman–Crippen MR) is 235 cm³/mol. The first-order valence-corrected chi connectivity index (χ1v) is 23.4. The van der Waals surface area contributed by atoms with Crippen LogP contribution in [0, 0.1) is 11.3 Å². The van der Waals surface area contributed by atoms with Gasteiger partial charge in [-0.15, -0.1) is 0 Å². The first-order chi connectivity index (χ1) is 30.8. The zero-order chi connectivity index (χ0) is 47.1. The number of hydrogen-bond donors (Lipinski definition) is 5. The van der Waals surface area contributed by atoms with Crippen LogP contribution in [0.1, 0.15) is 75.3 Å². The van der Waals surface area contributed by atoms with Gasteiger partial charge in [0, 0.05) is 78.2 Å². The van der Waals surface area contributed by atoms with E-state index >= 15 is 4.79 Å². The molecule has 1 aliphatic carbocycles. The van der Waals surface area contributed by atoms with Gasteiger partial charge in [0.2, 0.25) is 12.0 Å². The average Bonchev–Trinajstić information content (AvgIpc) is 3.95. The Morgan fingerprint density at radius 2 is 1.66 bits per heavy atom. The monoisotopic (exact) mass is 922 g/mol. The van der Waals surface area contributed by atoms with Gasteiger partial charge < -0.3 is 39.0 Å². The third-order valence-corrected chi connectivity index (χ3v) is 15.5. The van der Waals surface area contributed by atoms with E-state index in [-0.39, 0.29) is 12.3 Å². The predicted octanol–water partition coefficient (Wildman–Crippen LogP) is 2.86. The molecular weight excluding hydrogens is 865 g/mol. The van der Waals surface area contributed by atoms with Crippen LogP contribution in [-0.4, -0.2) is 150 Å². The van der Waals surface area contributed by atoms with Crippen molar-refractivity contribution in [3.8, 4) is 5.75 Å². The van der Waals surface area contributed by atoms with Crippen LogP contribution in [0.15, 0.2) is 48.6 Å². The minimum absolute atomic E-state index is 0.155. The van der Waals surface area contributed by atoms with Gasteiger partial charge in [-0.05, 0) is 74.2 Å². The Hall–Kier alpha value is -4.89. The number of carbonyl (C=O) groups excluding carboxylic acids is 4. The number of aromatic nitrogens is 1. The number of nitrogens with one attached hydrogen (secondary N) is 1. The molecule has 2 bridgehead atoms. The molecular formula is C46H58N4O14S. The maximum Gasteiger partial charge on any atom is 0.394 e. The number of rotatable bonds is 8. The molecule has 352 valence electrons. The summed E-state index contributed by atoms with van der Waals surface area (Å²) >= 11 is 0. The molecule has 6 aliphatic rings. The normalized spacial score (nSPS) is 34.6. The van der Waals surface area contributed by atoms with Crippen molar-refractivity contribution in [1.29, 1.82) is 0 Å². The average molecular weight is 923 g/mol. The number of anilines is 1. The van der Waals surface area contributed by atoms with Gasteiger partial charge in [0.25, 0.3) is 0 Å². The van der Waals surface area contributed by atoms with Crippen LogP contribution in [0.3, 0.4) is 0 Å². The molecule has 1 spiro atoms. The molecule has 0 radical (unpaired) electrons. The first-order valence-electron chi connectivity index (χ1n) is 22.0. The molecule has 1 saturated carbocycles. The van der Waals surface area contributed by atoms with Gasteiger partial charge >= 0.3 is 28.3 Å². The zero-order valence-electron chi connectivity index (χ0n) is 37.4. The second-order valence-electron chi connectivity index (χ2n) is 18.6. The van der Waals surface area contributed by atoms with Gasteiger partial charge in [-0.2, -0.15) is 8.42 Å². The quantitative estimate of drug-likeness (QED) is 0.0717. The molecule has 18 nitrogen and oxygen atoms in total. The van der Waals surface area contributed by atoms with E-state index in [9.17, 15) is 24.6 Å². The number of amides is 1. The summed E-state index contributed by atoms with van der Waals surface area (Å²) < 4.78 is 55.3. The molecule has 19 heteroatoms. The molecule has 2 aromatic carbocycles. The highest BCUT2D eigenvalue weighted by molar-refractivity contribution is 7.79. The summed E-state index contributed by atoms with van der Waals surface area (Å²) in [4.78, 5) is 66.1. The molecule has 2 saturated heterocycles. The number of esters is 3. The Morgan fingerprint density at radius 3 is 2.29 bits per heavy atom. The third kappa shape index (κ3) is 6.90. The fraction of sp³-hybridized carbons (Fsp3) is 0.565. The highest BCUT2D eigenvalue weighted by Crippen LogP contribution is 2.68. The number of carbonyl (C=O) groups is 4. The highest BCUT2D eigenvalue weighted by atomic mass is 32.3. The number of H-pyrrole nitrogens is 1. The number of nitrogens with zero attached hydrogens (tertiary/aromatic N) is 3. The molecule has 3 unspecified atom stereocenters. The molecule has 5 aliphatic heterocycles. The summed E-state index contributed by atoms with van der Waals surface area (Å²) in [6.45, 7) is 8.16. The van der Waals surface area contributed by atoms with E-state index in [1.54, 1.807) is 6.07 Å². The number of benzene rings is 2. The van der Waals surface area contributed by atoms with Crippen molar-refractivity contribution in [2.75, 3.05) is 59.0 Å². The smallest absolute Gasteiger partial charge is 0.394 e. The van der Waals surface area contributed by atoms with Crippen LogP contribution < -0.4 is 9.64 Å². The van der Waals surface area contributed by atoms with E-state index in [0.717, 1.165) is 16.5 Å². The standard InChI is InChI=1S/C46H56N4O10.H2O4S/c1-7-42(55)22-28-23-45(40(53)58-5,36-30(14-18-48(24-28)25-42)29-12-9-10-13-33(29)47-36)32-20-31-34(21-35(32)57-4)50(26-51)38-44(31)16-19-49-17-11-15-43(8-2,37(44)49)39(60-27(3)52)46(38,56)41(54)59-6;1-5(2,3)4/h9-13,15,20-21,26,28,37-39,47,55-56H,7-8,14,16-19,22-25H2,1-6H3;(H2,1,2,3,4)/t28-,37?,38?,39+,42-,43+,44+,45-,46-;/m0./s1. The maximum absolute atomic E-state index is 15.3. The van der Waals surface area contributed by atoms with Crippen molar-refractivity contribution < 1.29 is 65.9 Å². The Labute approximate surface area is 377 Å². The fourth-order valence-corrected chi connectivity index (χ4v) is 13.4. The lowest BCUT2D eigenvalue weighted by atomic mass is 9.47. The molecule has 3 fully saturated rings. The van der Waals surface area contributed by atoms with E-state index in [1.807, 2.05) is 50.3 Å². The van der Waals surface area contributed by atoms with Gasteiger partial charge in [0.05, 0.1) is 38.7 Å². The molecule has 6 heterocycles. The minimum Gasteiger partial charge on any atom is -0.496 e. The molecule has 9 rings (SSSR count). The largest absolute Gasteiger partial charge is 0.496 e. The SMILES string of the molecule is CC[C@]1(O)C[C@@H]2CN(CCc3c([nH]c4ccccc34)[C@@](C(=O)OC)(c3cc4c(cc3OC)N(C=O)C3[C@]45CCN4CC=C[C@](CC)(C45)[C@@H](OC(C)=O)[C@]3(O)C(=O)OC)C2)C1.O=S(=O)(O)O. The van der Waals surface area contributed by atoms with Crippen LogP contribution in [0.25, 0.3) is 10.9 Å². The molecule has 1 amide bonds. The Balaban J connectivity index is 0.00000109. The van der Waals surface area contributed by atoms with E-state index in [2.05, 4.69) is 20.9 Å². The molecule has 1 aromatic heterocycles. The number of hydrogen-bond acceptors (Lipinski definition) is 14. The summed E-state index contributed by atoms with van der Waals surface area (Å²) in [7, 11) is -0.577. The zero-order valence-corrected chi connectivity index (χ0v) is 38.2. The highest BCUT2D eigenvalue weighted by Gasteiger charge is 2.81. The number of ether oxygens (including phenoxy) is 4. The number of methoxy groups -OCH3 is 3. The topological polar surface area (TPSA) is 246 Å². The lowest BCUT2D eigenvalue weighted by Crippen LogP contribution is -2.81. The van der Waals surface area contributed by atoms with Crippen LogP contribution >= 0.6 is 0 Å². The molecule has 3 aromatic rings. The summed E-state index contributed by atoms with van der Waals surface area (Å²) in [6, 6.07) is 9.97. The molecule has 10 atom stereocenters. The maximum atomic E-state index is 15.3. The third-order valence-electron chi connectivity index (χ3n) is 15.5. The summed E-state index contributed by atoms with van der Waals surface area (Å²) in [5, 5.41) is 26.3. The lowest BCUT2D eigenvalue weighted by molar-refractivity contribution is -0.228. The van der Waals surface area contributed by atoms with Gasteiger partial charge in [-0.25, -0.2) is 4.79 Å². The minimum atomic E-state index is -4.67. The van der Waals surface area contributed by atoms with E-state index in [0.29, 0.717) is 99.5 Å². The first kappa shape index (κ1) is 46.6. The fourth-order valence-electron chi connectivity index (χ4n) is 13.4. The van der Waals surface area contributed by atoms with E-state index in [1.165, 1.54) is 33.2 Å². The van der Waals surface area contributed by atoms with Crippen LogP contribution in [-0.2, 0) is 61.0 Å². The van der Waals surface area contributed by atoms with Crippen molar-refractivity contribution in [3.05, 3.63) is 70.9 Å². The van der Waals surface area contributed by atoms with Crippen molar-refractivity contribution in [3.63, 3.8) is 0 Å². The number of para-hydroxylation sites is 1. The van der Waals surface area contributed by atoms with Crippen molar-refractivity contribution in [1.82, 2.24) is 14.8 Å². The second kappa shape index (κ2) is 16.5. The van der Waals surface area contributed by atoms with Gasteiger partial charge in [-0.1, -0.05) is 44.2 Å². The Morgan fingerprint density at radius 1 is 0.954 bits per heavy atom. The van der Waals surface area contributed by atoms with Crippen molar-refractivity contribution >= 4 is 51.3 Å². The van der Waals surface area contributed by atoms with Gasteiger partial charge in [0.1, 0.15) is 11.2 Å².